The largest absolute Gasteiger partial charge is 0.381 e. The highest BCUT2D eigenvalue weighted by atomic mass is 16.5. The Kier molecular flexibility index (Phi) is 1.99. The Labute approximate surface area is 94.2 Å². The first kappa shape index (κ1) is 9.46. The van der Waals surface area contributed by atoms with Gasteiger partial charge in [-0.3, -0.25) is 0 Å². The molecule has 2 N–H and O–H groups in total. The van der Waals surface area contributed by atoms with Crippen molar-refractivity contribution in [1.29, 1.82) is 0 Å². The van der Waals surface area contributed by atoms with Crippen molar-refractivity contribution in [1.82, 2.24) is 5.16 Å². The molecule has 1 atom stereocenters. The number of hydrogen-bond acceptors (Lipinski definition) is 3. The zero-order valence-electron chi connectivity index (χ0n) is 9.23. The lowest BCUT2D eigenvalue weighted by Crippen LogP contribution is -1.89. The summed E-state index contributed by atoms with van der Waals surface area (Å²) >= 11 is 0. The van der Waals surface area contributed by atoms with Gasteiger partial charge in [-0.05, 0) is 36.0 Å². The zero-order valence-corrected chi connectivity index (χ0v) is 9.23. The predicted molar refractivity (Wildman–Crippen MR) is 62.9 cm³/mol. The van der Waals surface area contributed by atoms with Crippen LogP contribution in [0.4, 0.5) is 5.82 Å². The molecule has 3 heteroatoms. The fraction of sp³-hybridized carbons (Fsp3) is 0.308. The summed E-state index contributed by atoms with van der Waals surface area (Å²) in [5.41, 5.74) is 9.50. The van der Waals surface area contributed by atoms with E-state index in [0.29, 0.717) is 5.82 Å². The number of nitrogens with zero attached hydrogens (tertiary/aromatic N) is 1. The molecule has 0 bridgehead atoms. The van der Waals surface area contributed by atoms with Crippen LogP contribution in [0, 0.1) is 5.92 Å². The number of fused-ring (bicyclic) bond motifs is 1. The van der Waals surface area contributed by atoms with E-state index in [1.165, 1.54) is 17.5 Å². The Bertz CT molecular complexity index is 530. The summed E-state index contributed by atoms with van der Waals surface area (Å²) in [4.78, 5) is 0. The Hall–Kier alpha value is -1.77. The van der Waals surface area contributed by atoms with E-state index in [1.54, 1.807) is 6.07 Å². The van der Waals surface area contributed by atoms with E-state index in [1.807, 2.05) is 0 Å². The smallest absolute Gasteiger partial charge is 0.169 e. The van der Waals surface area contributed by atoms with Crippen LogP contribution in [0.5, 0.6) is 0 Å². The molecular weight excluding hydrogens is 200 g/mol. The van der Waals surface area contributed by atoms with Gasteiger partial charge in [-0.25, -0.2) is 0 Å². The van der Waals surface area contributed by atoms with Gasteiger partial charge in [-0.15, -0.1) is 0 Å². The van der Waals surface area contributed by atoms with Gasteiger partial charge in [0.1, 0.15) is 0 Å². The van der Waals surface area contributed by atoms with Crippen LogP contribution >= 0.6 is 0 Å². The molecule has 3 rings (SSSR count). The highest BCUT2D eigenvalue weighted by molar-refractivity contribution is 5.62. The lowest BCUT2D eigenvalue weighted by molar-refractivity contribution is 0.436. The quantitative estimate of drug-likeness (QED) is 0.794. The fourth-order valence-electron chi connectivity index (χ4n) is 2.42. The molecule has 16 heavy (non-hydrogen) atoms. The monoisotopic (exact) mass is 214 g/mol. The zero-order chi connectivity index (χ0) is 11.1. The van der Waals surface area contributed by atoms with E-state index in [2.05, 4.69) is 30.3 Å². The summed E-state index contributed by atoms with van der Waals surface area (Å²) in [6.45, 7) is 2.28. The van der Waals surface area contributed by atoms with Gasteiger partial charge in [-0.1, -0.05) is 24.2 Å². The molecule has 1 aromatic carbocycles. The minimum absolute atomic E-state index is 0.434. The highest BCUT2D eigenvalue weighted by Crippen LogP contribution is 2.31. The Balaban J connectivity index is 2.02. The Morgan fingerprint density at radius 1 is 1.25 bits per heavy atom. The Morgan fingerprint density at radius 3 is 2.81 bits per heavy atom. The second kappa shape index (κ2) is 3.37. The number of hydrogen-bond donors (Lipinski definition) is 1. The summed E-state index contributed by atoms with van der Waals surface area (Å²) < 4.78 is 5.16. The van der Waals surface area contributed by atoms with Crippen LogP contribution in [0.1, 0.15) is 18.1 Å². The van der Waals surface area contributed by atoms with Crippen LogP contribution in [0.15, 0.2) is 28.8 Å². The van der Waals surface area contributed by atoms with Crippen molar-refractivity contribution in [2.24, 2.45) is 5.92 Å². The van der Waals surface area contributed by atoms with Crippen molar-refractivity contribution >= 4 is 5.82 Å². The topological polar surface area (TPSA) is 52.0 Å². The molecule has 0 aliphatic heterocycles. The average molecular weight is 214 g/mol. The SMILES string of the molecule is CC1Cc2ccc(-c3cc(N)no3)cc2C1. The molecule has 1 aliphatic carbocycles. The molecule has 1 aliphatic rings. The first-order chi connectivity index (χ1) is 7.72. The van der Waals surface area contributed by atoms with E-state index in [0.717, 1.165) is 23.7 Å². The molecule has 2 aromatic rings. The Morgan fingerprint density at radius 2 is 2.06 bits per heavy atom. The van der Waals surface area contributed by atoms with Crippen LogP contribution in [0.3, 0.4) is 0 Å². The third-order valence-corrected chi connectivity index (χ3v) is 3.16. The van der Waals surface area contributed by atoms with Crippen molar-refractivity contribution in [2.45, 2.75) is 19.8 Å². The van der Waals surface area contributed by atoms with Crippen molar-refractivity contribution in [3.63, 3.8) is 0 Å². The maximum atomic E-state index is 5.55. The molecule has 0 radical (unpaired) electrons. The number of benzene rings is 1. The molecular formula is C13H14N2O. The van der Waals surface area contributed by atoms with E-state index >= 15 is 0 Å². The number of aromatic nitrogens is 1. The van der Waals surface area contributed by atoms with Crippen molar-refractivity contribution in [3.8, 4) is 11.3 Å². The lowest BCUT2D eigenvalue weighted by atomic mass is 10.1. The highest BCUT2D eigenvalue weighted by Gasteiger charge is 2.18. The second-order valence-electron chi connectivity index (χ2n) is 4.61. The fourth-order valence-corrected chi connectivity index (χ4v) is 2.42. The predicted octanol–water partition coefficient (Wildman–Crippen LogP) is 2.66. The van der Waals surface area contributed by atoms with Crippen LogP contribution in [-0.2, 0) is 12.8 Å². The van der Waals surface area contributed by atoms with Crippen LogP contribution < -0.4 is 5.73 Å². The van der Waals surface area contributed by atoms with Gasteiger partial charge < -0.3 is 10.3 Å². The summed E-state index contributed by atoms with van der Waals surface area (Å²) in [6, 6.07) is 8.22. The maximum Gasteiger partial charge on any atom is 0.169 e. The molecule has 1 heterocycles. The summed E-state index contributed by atoms with van der Waals surface area (Å²) in [6.07, 6.45) is 2.35. The number of anilines is 1. The minimum atomic E-state index is 0.434. The van der Waals surface area contributed by atoms with E-state index in [-0.39, 0.29) is 0 Å². The van der Waals surface area contributed by atoms with Crippen LogP contribution in [-0.4, -0.2) is 5.16 Å². The molecule has 0 saturated carbocycles. The van der Waals surface area contributed by atoms with Crippen molar-refractivity contribution in [2.75, 3.05) is 5.73 Å². The first-order valence-electron chi connectivity index (χ1n) is 5.57. The molecule has 0 fully saturated rings. The molecule has 0 saturated heterocycles. The standard InChI is InChI=1S/C13H14N2O/c1-8-4-9-2-3-10(6-11(9)5-8)12-7-13(14)15-16-12/h2-3,6-8H,4-5H2,1H3,(H2,14,15). The first-order valence-corrected chi connectivity index (χ1v) is 5.57. The molecule has 82 valence electrons. The van der Waals surface area contributed by atoms with E-state index in [4.69, 9.17) is 10.3 Å². The molecule has 0 amide bonds. The third kappa shape index (κ3) is 1.48. The van der Waals surface area contributed by atoms with Gasteiger partial charge in [0.15, 0.2) is 11.6 Å². The van der Waals surface area contributed by atoms with Gasteiger partial charge in [0, 0.05) is 11.6 Å². The van der Waals surface area contributed by atoms with Crippen LogP contribution in [0.25, 0.3) is 11.3 Å². The summed E-state index contributed by atoms with van der Waals surface area (Å²) in [5.74, 6) is 1.94. The van der Waals surface area contributed by atoms with E-state index in [9.17, 15) is 0 Å². The normalized spacial score (nSPS) is 18.7. The van der Waals surface area contributed by atoms with E-state index < -0.39 is 0 Å². The third-order valence-electron chi connectivity index (χ3n) is 3.16. The molecule has 1 aromatic heterocycles. The van der Waals surface area contributed by atoms with Gasteiger partial charge in [0.25, 0.3) is 0 Å². The number of nitrogen functional groups attached to an aromatic ring is 1. The van der Waals surface area contributed by atoms with Crippen LogP contribution in [0.2, 0.25) is 0 Å². The number of nitrogens with two attached hydrogens (primary N) is 1. The van der Waals surface area contributed by atoms with Gasteiger partial charge in [0.2, 0.25) is 0 Å². The molecule has 0 spiro atoms. The van der Waals surface area contributed by atoms with Gasteiger partial charge >= 0.3 is 0 Å². The van der Waals surface area contributed by atoms with Crippen molar-refractivity contribution in [3.05, 3.63) is 35.4 Å². The van der Waals surface area contributed by atoms with Gasteiger partial charge in [-0.2, -0.15) is 0 Å². The van der Waals surface area contributed by atoms with Crippen molar-refractivity contribution < 1.29 is 4.52 Å². The van der Waals surface area contributed by atoms with Gasteiger partial charge in [0.05, 0.1) is 0 Å². The average Bonchev–Trinajstić information content (AvgIpc) is 2.81. The lowest BCUT2D eigenvalue weighted by Gasteiger charge is -2.00. The summed E-state index contributed by atoms with van der Waals surface area (Å²) in [7, 11) is 0. The molecule has 3 nitrogen and oxygen atoms in total. The second-order valence-corrected chi connectivity index (χ2v) is 4.61. The number of rotatable bonds is 1. The minimum Gasteiger partial charge on any atom is -0.381 e. The maximum absolute atomic E-state index is 5.55. The summed E-state index contributed by atoms with van der Waals surface area (Å²) in [5, 5.41) is 3.70. The molecule has 1 unspecified atom stereocenters.